The molecule has 1 amide bonds. The molecule has 0 aromatic carbocycles. The van der Waals surface area contributed by atoms with E-state index in [1.807, 2.05) is 6.92 Å². The molecule has 0 aromatic rings. The number of hydrogen-bond acceptors (Lipinski definition) is 3. The van der Waals surface area contributed by atoms with Crippen molar-refractivity contribution in [2.24, 2.45) is 10.4 Å². The molecule has 154 valence electrons. The molecular formula is C19H39IN4O2. The number of amides is 1. The van der Waals surface area contributed by atoms with Crippen molar-refractivity contribution >= 4 is 35.8 Å². The third-order valence-corrected chi connectivity index (χ3v) is 4.62. The first kappa shape index (κ1) is 25.4. The molecule has 7 heteroatoms. The highest BCUT2D eigenvalue weighted by atomic mass is 127. The summed E-state index contributed by atoms with van der Waals surface area (Å²) in [6, 6.07) is 0.373. The maximum absolute atomic E-state index is 12.1. The van der Waals surface area contributed by atoms with Gasteiger partial charge in [-0.2, -0.15) is 0 Å². The van der Waals surface area contributed by atoms with Gasteiger partial charge in [-0.25, -0.2) is 0 Å². The van der Waals surface area contributed by atoms with Crippen LogP contribution in [0.5, 0.6) is 0 Å². The summed E-state index contributed by atoms with van der Waals surface area (Å²) in [5.41, 5.74) is 0.0372. The van der Waals surface area contributed by atoms with E-state index in [1.165, 1.54) is 19.3 Å². The number of hydrogen-bond donors (Lipinski definition) is 3. The minimum absolute atomic E-state index is 0. The molecule has 6 nitrogen and oxygen atoms in total. The van der Waals surface area contributed by atoms with E-state index in [0.717, 1.165) is 25.3 Å². The summed E-state index contributed by atoms with van der Waals surface area (Å²) in [4.78, 5) is 16.7. The van der Waals surface area contributed by atoms with Crippen molar-refractivity contribution < 1.29 is 9.53 Å². The highest BCUT2D eigenvalue weighted by Gasteiger charge is 2.24. The number of halogens is 1. The van der Waals surface area contributed by atoms with Gasteiger partial charge in [0, 0.05) is 32.7 Å². The van der Waals surface area contributed by atoms with Crippen LogP contribution in [-0.2, 0) is 9.53 Å². The van der Waals surface area contributed by atoms with Gasteiger partial charge in [-0.15, -0.1) is 24.0 Å². The highest BCUT2D eigenvalue weighted by molar-refractivity contribution is 14.0. The fourth-order valence-corrected chi connectivity index (χ4v) is 3.06. The first-order valence-electron chi connectivity index (χ1n) is 9.71. The lowest BCUT2D eigenvalue weighted by Gasteiger charge is -2.28. The molecule has 1 aliphatic rings. The molecule has 0 aromatic heterocycles. The molecule has 1 atom stereocenters. The molecule has 1 unspecified atom stereocenters. The lowest BCUT2D eigenvalue weighted by atomic mass is 9.89. The maximum Gasteiger partial charge on any atom is 0.221 e. The number of carbonyl (C=O) groups is 1. The Morgan fingerprint density at radius 3 is 2.38 bits per heavy atom. The van der Waals surface area contributed by atoms with Crippen molar-refractivity contribution in [2.45, 2.75) is 78.4 Å². The maximum atomic E-state index is 12.1. The number of guanidine groups is 1. The normalized spacial score (nSPS) is 17.2. The van der Waals surface area contributed by atoms with Crippen molar-refractivity contribution in [2.75, 3.05) is 26.7 Å². The largest absolute Gasteiger partial charge is 0.379 e. The lowest BCUT2D eigenvalue weighted by Crippen LogP contribution is -2.42. The second kappa shape index (κ2) is 13.6. The first-order valence-corrected chi connectivity index (χ1v) is 9.71. The average molecular weight is 482 g/mol. The molecule has 1 rings (SSSR count). The predicted octanol–water partition coefficient (Wildman–Crippen LogP) is 3.06. The monoisotopic (exact) mass is 482 g/mol. The minimum Gasteiger partial charge on any atom is -0.379 e. The van der Waals surface area contributed by atoms with Crippen molar-refractivity contribution in [1.29, 1.82) is 0 Å². The summed E-state index contributed by atoms with van der Waals surface area (Å²) in [7, 11) is 1.72. The number of ether oxygens (including phenoxy) is 1. The highest BCUT2D eigenvalue weighted by Crippen LogP contribution is 2.21. The average Bonchev–Trinajstić information content (AvgIpc) is 2.55. The molecule has 3 N–H and O–H groups in total. The summed E-state index contributed by atoms with van der Waals surface area (Å²) in [5.74, 6) is 0.860. The van der Waals surface area contributed by atoms with E-state index in [0.29, 0.717) is 25.6 Å². The van der Waals surface area contributed by atoms with Crippen LogP contribution in [0.3, 0.4) is 0 Å². The van der Waals surface area contributed by atoms with Crippen molar-refractivity contribution in [3.63, 3.8) is 0 Å². The van der Waals surface area contributed by atoms with Gasteiger partial charge in [0.15, 0.2) is 5.96 Å². The van der Waals surface area contributed by atoms with Gasteiger partial charge in [0.25, 0.3) is 0 Å². The van der Waals surface area contributed by atoms with E-state index in [4.69, 9.17) is 4.74 Å². The van der Waals surface area contributed by atoms with E-state index in [-0.39, 0.29) is 41.4 Å². The molecule has 26 heavy (non-hydrogen) atoms. The van der Waals surface area contributed by atoms with Crippen molar-refractivity contribution in [3.05, 3.63) is 0 Å². The van der Waals surface area contributed by atoms with Crippen LogP contribution in [0, 0.1) is 5.41 Å². The standard InChI is InChI=1S/C19H38N4O2.HI/c1-6-20-18(22-14-16(25-5)19(2,3)4)21-13-12-17(24)23-15-10-8-7-9-11-15;/h15-16H,6-14H2,1-5H3,(H,23,24)(H2,20,21,22);1H. The molecule has 1 saturated carbocycles. The van der Waals surface area contributed by atoms with Crippen molar-refractivity contribution in [3.8, 4) is 0 Å². The Morgan fingerprint density at radius 2 is 1.85 bits per heavy atom. The van der Waals surface area contributed by atoms with Crippen molar-refractivity contribution in [1.82, 2.24) is 16.0 Å². The van der Waals surface area contributed by atoms with Crippen LogP contribution in [0.15, 0.2) is 4.99 Å². The summed E-state index contributed by atoms with van der Waals surface area (Å²) in [5, 5.41) is 9.61. The Labute approximate surface area is 176 Å². The fraction of sp³-hybridized carbons (Fsp3) is 0.895. The molecule has 0 spiro atoms. The van der Waals surface area contributed by atoms with E-state index in [9.17, 15) is 4.79 Å². The smallest absolute Gasteiger partial charge is 0.221 e. The van der Waals surface area contributed by atoms with Crippen LogP contribution in [0.1, 0.15) is 66.2 Å². The first-order chi connectivity index (χ1) is 11.9. The van der Waals surface area contributed by atoms with Gasteiger partial charge in [-0.3, -0.25) is 9.79 Å². The summed E-state index contributed by atoms with van der Waals surface area (Å²) in [6.07, 6.45) is 6.52. The predicted molar refractivity (Wildman–Crippen MR) is 119 cm³/mol. The van der Waals surface area contributed by atoms with Gasteiger partial charge in [-0.1, -0.05) is 40.0 Å². The van der Waals surface area contributed by atoms with Crippen LogP contribution in [0.25, 0.3) is 0 Å². The molecule has 0 aliphatic heterocycles. The van der Waals surface area contributed by atoms with Gasteiger partial charge < -0.3 is 20.7 Å². The Bertz CT molecular complexity index is 418. The van der Waals surface area contributed by atoms with E-state index in [1.54, 1.807) is 7.11 Å². The van der Waals surface area contributed by atoms with E-state index >= 15 is 0 Å². The Kier molecular flexibility index (Phi) is 13.3. The molecule has 0 saturated heterocycles. The Balaban J connectivity index is 0.00000625. The Hall–Kier alpha value is -0.570. The zero-order valence-electron chi connectivity index (χ0n) is 17.2. The number of aliphatic imine (C=N–C) groups is 1. The van der Waals surface area contributed by atoms with Gasteiger partial charge >= 0.3 is 0 Å². The molecule has 1 fully saturated rings. The number of methoxy groups -OCH3 is 1. The number of nitrogens with zero attached hydrogens (tertiary/aromatic N) is 1. The lowest BCUT2D eigenvalue weighted by molar-refractivity contribution is -0.121. The zero-order valence-corrected chi connectivity index (χ0v) is 19.5. The molecule has 1 aliphatic carbocycles. The molecule has 0 heterocycles. The van der Waals surface area contributed by atoms with Gasteiger partial charge in [-0.05, 0) is 25.2 Å². The Morgan fingerprint density at radius 1 is 1.19 bits per heavy atom. The van der Waals surface area contributed by atoms with Crippen LogP contribution in [0.2, 0.25) is 0 Å². The zero-order chi connectivity index (χ0) is 18.7. The van der Waals surface area contributed by atoms with Gasteiger partial charge in [0.2, 0.25) is 5.91 Å². The quantitative estimate of drug-likeness (QED) is 0.283. The second-order valence-electron chi connectivity index (χ2n) is 7.89. The number of carbonyl (C=O) groups excluding carboxylic acids is 1. The van der Waals surface area contributed by atoms with E-state index in [2.05, 4.69) is 41.7 Å². The minimum atomic E-state index is 0. The van der Waals surface area contributed by atoms with Crippen LogP contribution < -0.4 is 16.0 Å². The number of rotatable bonds is 8. The molecule has 0 radical (unpaired) electrons. The topological polar surface area (TPSA) is 74.8 Å². The summed E-state index contributed by atoms with van der Waals surface area (Å²) in [6.45, 7) is 10.4. The number of nitrogens with one attached hydrogen (secondary N) is 3. The van der Waals surface area contributed by atoms with Crippen LogP contribution >= 0.6 is 24.0 Å². The van der Waals surface area contributed by atoms with Crippen LogP contribution in [0.4, 0.5) is 0 Å². The second-order valence-corrected chi connectivity index (χ2v) is 7.89. The fourth-order valence-electron chi connectivity index (χ4n) is 3.06. The third-order valence-electron chi connectivity index (χ3n) is 4.62. The summed E-state index contributed by atoms with van der Waals surface area (Å²) >= 11 is 0. The molecular weight excluding hydrogens is 443 g/mol. The van der Waals surface area contributed by atoms with Gasteiger partial charge in [0.05, 0.1) is 12.6 Å². The SMILES string of the molecule is CCNC(=NCC(OC)C(C)(C)C)NCCC(=O)NC1CCCCC1.I. The summed E-state index contributed by atoms with van der Waals surface area (Å²) < 4.78 is 5.54. The third kappa shape index (κ3) is 10.5. The van der Waals surface area contributed by atoms with Gasteiger partial charge in [0.1, 0.15) is 0 Å². The molecule has 0 bridgehead atoms. The van der Waals surface area contributed by atoms with E-state index < -0.39 is 0 Å². The van der Waals surface area contributed by atoms with Crippen LogP contribution in [-0.4, -0.2) is 50.8 Å².